The van der Waals surface area contributed by atoms with Crippen LogP contribution in [0, 0.1) is 5.92 Å². The summed E-state index contributed by atoms with van der Waals surface area (Å²) in [6.45, 7) is 1.99. The van der Waals surface area contributed by atoms with Crippen molar-refractivity contribution in [3.05, 3.63) is 93.9 Å². The van der Waals surface area contributed by atoms with E-state index in [0.29, 0.717) is 41.9 Å². The van der Waals surface area contributed by atoms with E-state index in [9.17, 15) is 14.4 Å². The molecular formula is C31H34BrNO8. The van der Waals surface area contributed by atoms with Gasteiger partial charge in [-0.3, -0.25) is 9.59 Å². The second-order valence-corrected chi connectivity index (χ2v) is 10.7. The van der Waals surface area contributed by atoms with Gasteiger partial charge < -0.3 is 23.7 Å². The summed E-state index contributed by atoms with van der Waals surface area (Å²) in [6.07, 6.45) is -0.0303. The van der Waals surface area contributed by atoms with E-state index in [-0.39, 0.29) is 26.2 Å². The molecule has 0 bridgehead atoms. The third-order valence-electron chi connectivity index (χ3n) is 6.77. The SMILES string of the molecule is CC(=O)O[C@H](c1cc(Br)c(CCCOCCO)o1)[C@@H](Cc1ccccc1)C(=O)N1C(=O)OC[C@@H]1Cc1ccccc1. The van der Waals surface area contributed by atoms with Gasteiger partial charge in [-0.05, 0) is 52.4 Å². The molecule has 9 nitrogen and oxygen atoms in total. The maximum atomic E-state index is 14.3. The van der Waals surface area contributed by atoms with Crippen molar-refractivity contribution in [2.45, 2.75) is 44.8 Å². The highest BCUT2D eigenvalue weighted by molar-refractivity contribution is 9.10. The summed E-state index contributed by atoms with van der Waals surface area (Å²) in [5, 5.41) is 8.90. The van der Waals surface area contributed by atoms with Crippen LogP contribution in [-0.4, -0.2) is 60.4 Å². The first-order valence-corrected chi connectivity index (χ1v) is 14.4. The molecule has 1 fully saturated rings. The number of carbonyl (C=O) groups is 3. The van der Waals surface area contributed by atoms with E-state index in [1.807, 2.05) is 60.7 Å². The van der Waals surface area contributed by atoms with Crippen molar-refractivity contribution in [2.75, 3.05) is 26.4 Å². The molecular weight excluding hydrogens is 594 g/mol. The number of amides is 2. The van der Waals surface area contributed by atoms with Crippen molar-refractivity contribution >= 4 is 33.9 Å². The van der Waals surface area contributed by atoms with Gasteiger partial charge in [0.1, 0.15) is 18.1 Å². The van der Waals surface area contributed by atoms with Crippen LogP contribution in [-0.2, 0) is 43.1 Å². The highest BCUT2D eigenvalue weighted by atomic mass is 79.9. The maximum Gasteiger partial charge on any atom is 0.416 e. The molecule has 0 radical (unpaired) electrons. The molecule has 1 aliphatic heterocycles. The molecule has 10 heteroatoms. The summed E-state index contributed by atoms with van der Waals surface area (Å²) >= 11 is 3.53. The number of carbonyl (C=O) groups excluding carboxylic acids is 3. The number of imide groups is 1. The van der Waals surface area contributed by atoms with Crippen LogP contribution in [0.2, 0.25) is 0 Å². The zero-order valence-electron chi connectivity index (χ0n) is 22.9. The van der Waals surface area contributed by atoms with Gasteiger partial charge in [0.15, 0.2) is 6.10 Å². The smallest absolute Gasteiger partial charge is 0.416 e. The average molecular weight is 629 g/mol. The fourth-order valence-electron chi connectivity index (χ4n) is 4.89. The van der Waals surface area contributed by atoms with Gasteiger partial charge in [0, 0.05) is 20.0 Å². The van der Waals surface area contributed by atoms with Crippen LogP contribution >= 0.6 is 15.9 Å². The Balaban J connectivity index is 1.65. The predicted molar refractivity (Wildman–Crippen MR) is 153 cm³/mol. The number of nitrogens with zero attached hydrogens (tertiary/aromatic N) is 1. The number of aliphatic hydroxyl groups excluding tert-OH is 1. The number of aryl methyl sites for hydroxylation is 1. The minimum Gasteiger partial charge on any atom is -0.461 e. The third kappa shape index (κ3) is 8.28. The summed E-state index contributed by atoms with van der Waals surface area (Å²) < 4.78 is 23.2. The zero-order valence-corrected chi connectivity index (χ0v) is 24.5. The monoisotopic (exact) mass is 627 g/mol. The van der Waals surface area contributed by atoms with Gasteiger partial charge in [-0.1, -0.05) is 60.7 Å². The number of esters is 1. The number of hydrogen-bond acceptors (Lipinski definition) is 8. The van der Waals surface area contributed by atoms with Crippen LogP contribution in [0.5, 0.6) is 0 Å². The van der Waals surface area contributed by atoms with Crippen LogP contribution in [0.25, 0.3) is 0 Å². The average Bonchev–Trinajstić information content (AvgIpc) is 3.52. The summed E-state index contributed by atoms with van der Waals surface area (Å²) in [4.78, 5) is 40.7. The Hall–Kier alpha value is -3.47. The molecule has 2 aromatic carbocycles. The number of cyclic esters (lactones) is 1. The number of ether oxygens (including phenoxy) is 3. The molecule has 0 spiro atoms. The molecule has 41 heavy (non-hydrogen) atoms. The molecule has 218 valence electrons. The lowest BCUT2D eigenvalue weighted by molar-refractivity contribution is -0.155. The second-order valence-electron chi connectivity index (χ2n) is 9.81. The highest BCUT2D eigenvalue weighted by Crippen LogP contribution is 2.37. The van der Waals surface area contributed by atoms with Gasteiger partial charge in [-0.15, -0.1) is 0 Å². The number of rotatable bonds is 14. The van der Waals surface area contributed by atoms with E-state index in [4.69, 9.17) is 23.7 Å². The van der Waals surface area contributed by atoms with Crippen LogP contribution in [0.4, 0.5) is 4.79 Å². The molecule has 3 atom stereocenters. The first kappa shape index (κ1) is 30.5. The standard InChI is InChI=1S/C31H34BrNO8/c1-21(35)40-29(28-19-26(32)27(41-28)13-8-15-38-16-14-34)25(18-23-11-6-3-7-12-23)30(36)33-24(20-39-31(33)37)17-22-9-4-2-5-10-22/h2-7,9-12,19,24-25,29,34H,8,13-18,20H2,1H3/t24-,25+,29-/m0/s1. The molecule has 1 aromatic heterocycles. The molecule has 2 heterocycles. The Bertz CT molecular complexity index is 1300. The van der Waals surface area contributed by atoms with Gasteiger partial charge in [0.25, 0.3) is 0 Å². The van der Waals surface area contributed by atoms with Gasteiger partial charge in [0.05, 0.1) is 29.6 Å². The van der Waals surface area contributed by atoms with Gasteiger partial charge >= 0.3 is 12.1 Å². The number of aliphatic hydroxyl groups is 1. The first-order valence-electron chi connectivity index (χ1n) is 13.6. The van der Waals surface area contributed by atoms with E-state index in [2.05, 4.69) is 15.9 Å². The zero-order chi connectivity index (χ0) is 29.2. The third-order valence-corrected chi connectivity index (χ3v) is 7.44. The number of benzene rings is 2. The van der Waals surface area contributed by atoms with Crippen molar-refractivity contribution in [1.29, 1.82) is 0 Å². The Morgan fingerprint density at radius 2 is 1.76 bits per heavy atom. The number of furan rings is 1. The van der Waals surface area contributed by atoms with Crippen molar-refractivity contribution in [2.24, 2.45) is 5.92 Å². The summed E-state index contributed by atoms with van der Waals surface area (Å²) in [5.74, 6) is -1.16. The van der Waals surface area contributed by atoms with Crippen LogP contribution < -0.4 is 0 Å². The highest BCUT2D eigenvalue weighted by Gasteiger charge is 2.45. The Morgan fingerprint density at radius 1 is 1.07 bits per heavy atom. The molecule has 1 aliphatic rings. The molecule has 4 rings (SSSR count). The van der Waals surface area contributed by atoms with Crippen LogP contribution in [0.1, 0.15) is 42.1 Å². The lowest BCUT2D eigenvalue weighted by Gasteiger charge is -2.29. The first-order chi connectivity index (χ1) is 19.9. The Morgan fingerprint density at radius 3 is 2.41 bits per heavy atom. The van der Waals surface area contributed by atoms with Gasteiger partial charge in [0.2, 0.25) is 5.91 Å². The van der Waals surface area contributed by atoms with E-state index in [0.717, 1.165) is 16.0 Å². The van der Waals surface area contributed by atoms with Crippen molar-refractivity contribution in [3.8, 4) is 0 Å². The van der Waals surface area contributed by atoms with E-state index >= 15 is 0 Å². The normalized spacial score (nSPS) is 16.3. The topological polar surface area (TPSA) is 116 Å². The Labute approximate surface area is 247 Å². The summed E-state index contributed by atoms with van der Waals surface area (Å²) in [5.41, 5.74) is 1.80. The number of hydrogen-bond donors (Lipinski definition) is 1. The summed E-state index contributed by atoms with van der Waals surface area (Å²) in [7, 11) is 0. The Kier molecular flexibility index (Phi) is 11.1. The van der Waals surface area contributed by atoms with Crippen molar-refractivity contribution < 1.29 is 38.1 Å². The molecule has 1 saturated heterocycles. The lowest BCUT2D eigenvalue weighted by atomic mass is 9.90. The van der Waals surface area contributed by atoms with E-state index in [1.165, 1.54) is 6.92 Å². The molecule has 3 aromatic rings. The minimum absolute atomic E-state index is 0.0493. The van der Waals surface area contributed by atoms with Gasteiger partial charge in [-0.25, -0.2) is 9.69 Å². The van der Waals surface area contributed by atoms with Crippen LogP contribution in [0.15, 0.2) is 75.6 Å². The van der Waals surface area contributed by atoms with Crippen molar-refractivity contribution in [1.82, 2.24) is 4.90 Å². The van der Waals surface area contributed by atoms with E-state index in [1.54, 1.807) is 6.07 Å². The maximum absolute atomic E-state index is 14.3. The molecule has 0 unspecified atom stereocenters. The predicted octanol–water partition coefficient (Wildman–Crippen LogP) is 5.04. The molecule has 0 saturated carbocycles. The van der Waals surface area contributed by atoms with Crippen LogP contribution in [0.3, 0.4) is 0 Å². The van der Waals surface area contributed by atoms with E-state index < -0.39 is 36.0 Å². The fourth-order valence-corrected chi connectivity index (χ4v) is 5.40. The van der Waals surface area contributed by atoms with Crippen molar-refractivity contribution in [3.63, 3.8) is 0 Å². The second kappa shape index (κ2) is 15.0. The molecule has 0 aliphatic carbocycles. The van der Waals surface area contributed by atoms with Gasteiger partial charge in [-0.2, -0.15) is 0 Å². The largest absolute Gasteiger partial charge is 0.461 e. The lowest BCUT2D eigenvalue weighted by Crippen LogP contribution is -2.46. The quantitative estimate of drug-likeness (QED) is 0.195. The minimum atomic E-state index is -1.10. The fraction of sp³-hybridized carbons (Fsp3) is 0.387. The molecule has 1 N–H and O–H groups in total. The number of halogens is 1. The molecule has 2 amide bonds. The summed E-state index contributed by atoms with van der Waals surface area (Å²) in [6, 6.07) is 20.1.